The Kier molecular flexibility index (Phi) is 2.79. The summed E-state index contributed by atoms with van der Waals surface area (Å²) in [5, 5.41) is 6.82. The first-order valence-electron chi connectivity index (χ1n) is 4.93. The van der Waals surface area contributed by atoms with E-state index in [0.29, 0.717) is 12.1 Å². The fourth-order valence-corrected chi connectivity index (χ4v) is 2.40. The van der Waals surface area contributed by atoms with E-state index in [0.717, 1.165) is 6.42 Å². The summed E-state index contributed by atoms with van der Waals surface area (Å²) in [6.07, 6.45) is 1.10. The molecule has 0 fully saturated rings. The molecule has 1 heterocycles. The quantitative estimate of drug-likeness (QED) is 0.847. The molecule has 0 aromatic heterocycles. The van der Waals surface area contributed by atoms with Crippen molar-refractivity contribution in [2.24, 2.45) is 0 Å². The molecular formula is C11H15BrN2. The smallest absolute Gasteiger partial charge is 0.0453 e. The molecule has 1 aliphatic heterocycles. The number of anilines is 1. The lowest BCUT2D eigenvalue weighted by atomic mass is 10.1. The van der Waals surface area contributed by atoms with Crippen LogP contribution in [0.4, 0.5) is 5.69 Å². The predicted octanol–water partition coefficient (Wildman–Crippen LogP) is 2.39. The predicted molar refractivity (Wildman–Crippen MR) is 63.8 cm³/mol. The largest absolute Gasteiger partial charge is 0.380 e. The third-order valence-electron chi connectivity index (χ3n) is 2.94. The Morgan fingerprint density at radius 1 is 1.57 bits per heavy atom. The Balaban J connectivity index is 2.22. The molecule has 0 amide bonds. The van der Waals surface area contributed by atoms with E-state index in [4.69, 9.17) is 0 Å². The van der Waals surface area contributed by atoms with Gasteiger partial charge in [0.15, 0.2) is 0 Å². The van der Waals surface area contributed by atoms with E-state index in [2.05, 4.69) is 51.7 Å². The number of hydrogen-bond donors (Lipinski definition) is 2. The van der Waals surface area contributed by atoms with Crippen LogP contribution in [0, 0.1) is 0 Å². The topological polar surface area (TPSA) is 24.1 Å². The van der Waals surface area contributed by atoms with Gasteiger partial charge in [0.2, 0.25) is 0 Å². The molecule has 0 aliphatic carbocycles. The summed E-state index contributed by atoms with van der Waals surface area (Å²) < 4.78 is 1.22. The minimum Gasteiger partial charge on any atom is -0.380 e. The first-order chi connectivity index (χ1) is 6.72. The summed E-state index contributed by atoms with van der Waals surface area (Å²) in [7, 11) is 2.00. The number of likely N-dealkylation sites (N-methyl/N-ethyl adjacent to an activating group) is 1. The van der Waals surface area contributed by atoms with Gasteiger partial charge in [-0.15, -0.1) is 0 Å². The Hall–Kier alpha value is -0.540. The van der Waals surface area contributed by atoms with E-state index >= 15 is 0 Å². The Labute approximate surface area is 93.2 Å². The molecule has 3 heteroatoms. The molecule has 1 aromatic carbocycles. The average molecular weight is 255 g/mol. The van der Waals surface area contributed by atoms with E-state index in [-0.39, 0.29) is 0 Å². The van der Waals surface area contributed by atoms with Gasteiger partial charge in [0.25, 0.3) is 0 Å². The normalized spacial score (nSPS) is 21.5. The first kappa shape index (κ1) is 9.99. The zero-order valence-electron chi connectivity index (χ0n) is 8.47. The highest BCUT2D eigenvalue weighted by Gasteiger charge is 2.25. The van der Waals surface area contributed by atoms with E-state index in [9.17, 15) is 0 Å². The molecule has 2 nitrogen and oxygen atoms in total. The molecule has 14 heavy (non-hydrogen) atoms. The summed E-state index contributed by atoms with van der Waals surface area (Å²) in [6, 6.07) is 7.32. The van der Waals surface area contributed by atoms with Gasteiger partial charge < -0.3 is 10.6 Å². The Morgan fingerprint density at radius 3 is 3.00 bits per heavy atom. The third-order valence-corrected chi connectivity index (χ3v) is 3.69. The van der Waals surface area contributed by atoms with Crippen LogP contribution in [0.25, 0.3) is 0 Å². The second-order valence-corrected chi connectivity index (χ2v) is 4.65. The van der Waals surface area contributed by atoms with Crippen LogP contribution < -0.4 is 10.6 Å². The van der Waals surface area contributed by atoms with Crippen molar-refractivity contribution in [3.05, 3.63) is 28.2 Å². The standard InChI is InChI=1S/C11H15BrN2/c1-7(13-2)11-6-8-9(12)4-3-5-10(8)14-11/h3-5,7,11,13-14H,6H2,1-2H3. The van der Waals surface area contributed by atoms with Crippen LogP contribution in [0.15, 0.2) is 22.7 Å². The summed E-state index contributed by atoms with van der Waals surface area (Å²) in [5.41, 5.74) is 2.67. The van der Waals surface area contributed by atoms with Crippen molar-refractivity contribution in [1.29, 1.82) is 0 Å². The van der Waals surface area contributed by atoms with Gasteiger partial charge in [0.1, 0.15) is 0 Å². The number of hydrogen-bond acceptors (Lipinski definition) is 2. The van der Waals surface area contributed by atoms with E-state index < -0.39 is 0 Å². The highest BCUT2D eigenvalue weighted by Crippen LogP contribution is 2.32. The zero-order chi connectivity index (χ0) is 10.1. The summed E-state index contributed by atoms with van der Waals surface area (Å²) >= 11 is 3.59. The SMILES string of the molecule is CNC(C)C1Cc2c(Br)cccc2N1. The second-order valence-electron chi connectivity index (χ2n) is 3.80. The Bertz CT molecular complexity index is 338. The van der Waals surface area contributed by atoms with Crippen molar-refractivity contribution in [3.8, 4) is 0 Å². The van der Waals surface area contributed by atoms with Gasteiger partial charge in [-0.3, -0.25) is 0 Å². The lowest BCUT2D eigenvalue weighted by Crippen LogP contribution is -2.38. The second kappa shape index (κ2) is 3.91. The van der Waals surface area contributed by atoms with Crippen LogP contribution in [0.5, 0.6) is 0 Å². The summed E-state index contributed by atoms with van der Waals surface area (Å²) in [4.78, 5) is 0. The number of benzene rings is 1. The van der Waals surface area contributed by atoms with Crippen molar-refractivity contribution in [1.82, 2.24) is 5.32 Å². The van der Waals surface area contributed by atoms with E-state index in [1.54, 1.807) is 0 Å². The van der Waals surface area contributed by atoms with Gasteiger partial charge in [-0.05, 0) is 38.1 Å². The molecule has 1 aromatic rings. The van der Waals surface area contributed by atoms with Crippen molar-refractivity contribution < 1.29 is 0 Å². The molecule has 2 unspecified atom stereocenters. The van der Waals surface area contributed by atoms with Gasteiger partial charge in [0, 0.05) is 22.2 Å². The molecule has 0 saturated heterocycles. The van der Waals surface area contributed by atoms with Crippen molar-refractivity contribution >= 4 is 21.6 Å². The highest BCUT2D eigenvalue weighted by molar-refractivity contribution is 9.10. The first-order valence-corrected chi connectivity index (χ1v) is 5.73. The molecule has 0 saturated carbocycles. The highest BCUT2D eigenvalue weighted by atomic mass is 79.9. The van der Waals surface area contributed by atoms with E-state index in [1.807, 2.05) is 7.05 Å². The van der Waals surface area contributed by atoms with Gasteiger partial charge in [-0.25, -0.2) is 0 Å². The average Bonchev–Trinajstić information content (AvgIpc) is 2.62. The number of halogens is 1. The monoisotopic (exact) mass is 254 g/mol. The molecule has 2 atom stereocenters. The van der Waals surface area contributed by atoms with Crippen LogP contribution in [-0.4, -0.2) is 19.1 Å². The van der Waals surface area contributed by atoms with Crippen LogP contribution in [0.1, 0.15) is 12.5 Å². The minimum atomic E-state index is 0.495. The molecule has 0 bridgehead atoms. The molecule has 1 aliphatic rings. The summed E-state index contributed by atoms with van der Waals surface area (Å²) in [5.74, 6) is 0. The maximum absolute atomic E-state index is 3.59. The van der Waals surface area contributed by atoms with Crippen molar-refractivity contribution in [2.45, 2.75) is 25.4 Å². The van der Waals surface area contributed by atoms with E-state index in [1.165, 1.54) is 15.7 Å². The van der Waals surface area contributed by atoms with Crippen LogP contribution in [0.2, 0.25) is 0 Å². The van der Waals surface area contributed by atoms with Crippen molar-refractivity contribution in [2.75, 3.05) is 12.4 Å². The molecule has 0 radical (unpaired) electrons. The maximum atomic E-state index is 3.59. The van der Waals surface area contributed by atoms with Gasteiger partial charge in [-0.2, -0.15) is 0 Å². The van der Waals surface area contributed by atoms with Crippen molar-refractivity contribution in [3.63, 3.8) is 0 Å². The summed E-state index contributed by atoms with van der Waals surface area (Å²) in [6.45, 7) is 2.21. The van der Waals surface area contributed by atoms with Gasteiger partial charge >= 0.3 is 0 Å². The number of rotatable bonds is 2. The fraction of sp³-hybridized carbons (Fsp3) is 0.455. The molecular weight excluding hydrogens is 240 g/mol. The lowest BCUT2D eigenvalue weighted by Gasteiger charge is -2.18. The molecule has 76 valence electrons. The number of nitrogens with one attached hydrogen (secondary N) is 2. The number of fused-ring (bicyclic) bond motifs is 1. The third kappa shape index (κ3) is 1.66. The maximum Gasteiger partial charge on any atom is 0.0453 e. The minimum absolute atomic E-state index is 0.495. The van der Waals surface area contributed by atoms with Crippen LogP contribution >= 0.6 is 15.9 Å². The van der Waals surface area contributed by atoms with Crippen LogP contribution in [-0.2, 0) is 6.42 Å². The molecule has 0 spiro atoms. The Morgan fingerprint density at radius 2 is 2.36 bits per heavy atom. The van der Waals surface area contributed by atoms with Crippen LogP contribution in [0.3, 0.4) is 0 Å². The zero-order valence-corrected chi connectivity index (χ0v) is 10.1. The van der Waals surface area contributed by atoms with Gasteiger partial charge in [0.05, 0.1) is 0 Å². The van der Waals surface area contributed by atoms with Gasteiger partial charge in [-0.1, -0.05) is 22.0 Å². The molecule has 2 rings (SSSR count). The lowest BCUT2D eigenvalue weighted by molar-refractivity contribution is 0.527. The molecule has 2 N–H and O–H groups in total. The fourth-order valence-electron chi connectivity index (χ4n) is 1.87.